The Morgan fingerprint density at radius 2 is 2.05 bits per heavy atom. The first-order valence-electron chi connectivity index (χ1n) is 11.2. The minimum atomic E-state index is -4.45. The monoisotopic (exact) mass is 554 g/mol. The second-order valence-corrected chi connectivity index (χ2v) is 11.6. The fourth-order valence-corrected chi connectivity index (χ4v) is 5.93. The molecule has 1 saturated heterocycles. The molecule has 196 valence electrons. The van der Waals surface area contributed by atoms with Crippen molar-refractivity contribution >= 4 is 31.5 Å². The topological polar surface area (TPSA) is 133 Å². The SMILES string of the molecule is CS(=O)(=O)c1ccc(-c2ccc3nc(OCC[C@@]4(c5cnno5)CCNCC4C(F)(F)F)sc3n2)cn1. The minimum Gasteiger partial charge on any atom is -0.470 e. The van der Waals surface area contributed by atoms with Crippen LogP contribution in [0.4, 0.5) is 13.2 Å². The fraction of sp³-hybridized carbons (Fsp3) is 0.409. The number of piperidine rings is 1. The number of nitrogens with zero attached hydrogens (tertiary/aromatic N) is 5. The molecule has 2 atom stereocenters. The zero-order valence-electron chi connectivity index (χ0n) is 19.4. The molecule has 1 N–H and O–H groups in total. The summed E-state index contributed by atoms with van der Waals surface area (Å²) in [5.74, 6) is -1.60. The summed E-state index contributed by atoms with van der Waals surface area (Å²) in [7, 11) is -3.42. The lowest BCUT2D eigenvalue weighted by Crippen LogP contribution is -2.54. The number of alkyl halides is 3. The largest absolute Gasteiger partial charge is 0.470 e. The highest BCUT2D eigenvalue weighted by Crippen LogP contribution is 2.48. The number of pyridine rings is 2. The van der Waals surface area contributed by atoms with Crippen molar-refractivity contribution in [2.24, 2.45) is 5.92 Å². The van der Waals surface area contributed by atoms with Crippen LogP contribution in [0.15, 0.2) is 46.2 Å². The highest BCUT2D eigenvalue weighted by Gasteiger charge is 2.57. The number of sulfone groups is 1. The van der Waals surface area contributed by atoms with Crippen LogP contribution in [0.1, 0.15) is 18.6 Å². The van der Waals surface area contributed by atoms with E-state index in [9.17, 15) is 21.6 Å². The lowest BCUT2D eigenvalue weighted by molar-refractivity contribution is -0.202. The van der Waals surface area contributed by atoms with E-state index < -0.39 is 27.3 Å². The molecular weight excluding hydrogens is 533 g/mol. The van der Waals surface area contributed by atoms with E-state index in [0.717, 1.165) is 17.6 Å². The van der Waals surface area contributed by atoms with E-state index in [-0.39, 0.29) is 42.0 Å². The predicted octanol–water partition coefficient (Wildman–Crippen LogP) is 3.42. The highest BCUT2D eigenvalue weighted by atomic mass is 32.2. The van der Waals surface area contributed by atoms with Gasteiger partial charge in [0.2, 0.25) is 0 Å². The molecular formula is C22H21F3N6O4S2. The van der Waals surface area contributed by atoms with Crippen molar-refractivity contribution in [3.05, 3.63) is 42.4 Å². The van der Waals surface area contributed by atoms with Crippen LogP contribution < -0.4 is 10.1 Å². The summed E-state index contributed by atoms with van der Waals surface area (Å²) in [4.78, 5) is 13.5. The molecule has 5 rings (SSSR count). The number of aromatic nitrogens is 5. The van der Waals surface area contributed by atoms with Gasteiger partial charge < -0.3 is 14.6 Å². The average Bonchev–Trinajstić information content (AvgIpc) is 3.53. The van der Waals surface area contributed by atoms with Crippen LogP contribution in [0.5, 0.6) is 5.19 Å². The van der Waals surface area contributed by atoms with Gasteiger partial charge in [0.15, 0.2) is 20.6 Å². The maximum absolute atomic E-state index is 14.0. The molecule has 1 aliphatic rings. The predicted molar refractivity (Wildman–Crippen MR) is 127 cm³/mol. The van der Waals surface area contributed by atoms with E-state index in [4.69, 9.17) is 9.26 Å². The van der Waals surface area contributed by atoms with Crippen molar-refractivity contribution < 1.29 is 30.8 Å². The van der Waals surface area contributed by atoms with Gasteiger partial charge in [-0.2, -0.15) is 13.2 Å². The quantitative estimate of drug-likeness (QED) is 0.362. The van der Waals surface area contributed by atoms with E-state index in [1.54, 1.807) is 18.2 Å². The summed E-state index contributed by atoms with van der Waals surface area (Å²) in [6.07, 6.45) is -0.486. The second-order valence-electron chi connectivity index (χ2n) is 8.74. The van der Waals surface area contributed by atoms with Crippen LogP contribution >= 0.6 is 11.3 Å². The molecule has 5 heterocycles. The van der Waals surface area contributed by atoms with Crippen molar-refractivity contribution in [2.75, 3.05) is 26.0 Å². The van der Waals surface area contributed by atoms with Crippen molar-refractivity contribution in [1.82, 2.24) is 30.6 Å². The highest BCUT2D eigenvalue weighted by molar-refractivity contribution is 7.90. The van der Waals surface area contributed by atoms with E-state index in [1.807, 2.05) is 0 Å². The maximum Gasteiger partial charge on any atom is 0.394 e. The van der Waals surface area contributed by atoms with Crippen LogP contribution in [0, 0.1) is 5.92 Å². The zero-order valence-corrected chi connectivity index (χ0v) is 21.0. The van der Waals surface area contributed by atoms with Gasteiger partial charge >= 0.3 is 6.18 Å². The lowest BCUT2D eigenvalue weighted by Gasteiger charge is -2.43. The summed E-state index contributed by atoms with van der Waals surface area (Å²) < 4.78 is 76.1. The van der Waals surface area contributed by atoms with Gasteiger partial charge in [-0.15, -0.1) is 5.10 Å². The normalized spacial score (nSPS) is 20.8. The number of halogens is 3. The molecule has 0 radical (unpaired) electrons. The Kier molecular flexibility index (Phi) is 6.62. The molecule has 0 aromatic carbocycles. The molecule has 10 nitrogen and oxygen atoms in total. The molecule has 0 saturated carbocycles. The Labute approximate surface area is 213 Å². The summed E-state index contributed by atoms with van der Waals surface area (Å²) in [5, 5.41) is 10.1. The van der Waals surface area contributed by atoms with E-state index in [1.165, 1.54) is 18.5 Å². The number of hydrogen-bond donors (Lipinski definition) is 1. The Morgan fingerprint density at radius 1 is 1.22 bits per heavy atom. The Balaban J connectivity index is 1.34. The van der Waals surface area contributed by atoms with E-state index in [2.05, 4.69) is 30.6 Å². The third-order valence-electron chi connectivity index (χ3n) is 6.43. The zero-order chi connectivity index (χ0) is 26.3. The molecule has 4 aromatic heterocycles. The molecule has 0 spiro atoms. The minimum absolute atomic E-state index is 0.0304. The summed E-state index contributed by atoms with van der Waals surface area (Å²) in [6, 6.07) is 6.48. The summed E-state index contributed by atoms with van der Waals surface area (Å²) in [6.45, 7) is 0.121. The Hall–Kier alpha value is -3.17. The van der Waals surface area contributed by atoms with Gasteiger partial charge in [-0.1, -0.05) is 11.3 Å². The maximum atomic E-state index is 14.0. The summed E-state index contributed by atoms with van der Waals surface area (Å²) in [5.41, 5.74) is 0.389. The van der Waals surface area contributed by atoms with Gasteiger partial charge in [-0.25, -0.2) is 23.4 Å². The van der Waals surface area contributed by atoms with Gasteiger partial charge in [-0.3, -0.25) is 0 Å². The third-order valence-corrected chi connectivity index (χ3v) is 8.31. The third kappa shape index (κ3) is 5.15. The molecule has 4 aromatic rings. The number of fused-ring (bicyclic) bond motifs is 1. The number of rotatable bonds is 7. The fourth-order valence-electron chi connectivity index (χ4n) is 4.55. The summed E-state index contributed by atoms with van der Waals surface area (Å²) >= 11 is 1.16. The van der Waals surface area contributed by atoms with Gasteiger partial charge in [-0.05, 0) is 43.7 Å². The second kappa shape index (κ2) is 9.61. The standard InChI is InChI=1S/C22H21F3N6O4S2/c1-37(32,33)18-5-2-13(10-27-18)14-3-4-15-19(29-14)36-20(30-15)34-9-7-21(17-12-28-31-35-17)6-8-26-11-16(21)22(23,24)25/h2-5,10,12,16,26H,6-9,11H2,1H3/t16?,21-/m0/s1. The number of hydrogen-bond acceptors (Lipinski definition) is 11. The van der Waals surface area contributed by atoms with E-state index in [0.29, 0.717) is 28.1 Å². The van der Waals surface area contributed by atoms with Gasteiger partial charge in [0.1, 0.15) is 10.3 Å². The van der Waals surface area contributed by atoms with Crippen molar-refractivity contribution in [3.8, 4) is 16.5 Å². The molecule has 0 aliphatic carbocycles. The lowest BCUT2D eigenvalue weighted by atomic mass is 9.66. The number of ether oxygens (including phenoxy) is 1. The van der Waals surface area contributed by atoms with Gasteiger partial charge in [0.05, 0.1) is 29.8 Å². The van der Waals surface area contributed by atoms with Crippen LogP contribution in [-0.4, -0.2) is 65.9 Å². The van der Waals surface area contributed by atoms with Crippen LogP contribution in [-0.2, 0) is 15.3 Å². The molecule has 1 aliphatic heterocycles. The number of nitrogens with one attached hydrogen (secondary N) is 1. The van der Waals surface area contributed by atoms with Crippen molar-refractivity contribution in [3.63, 3.8) is 0 Å². The molecule has 37 heavy (non-hydrogen) atoms. The van der Waals surface area contributed by atoms with Crippen LogP contribution in [0.2, 0.25) is 0 Å². The van der Waals surface area contributed by atoms with Crippen LogP contribution in [0.25, 0.3) is 21.6 Å². The van der Waals surface area contributed by atoms with Gasteiger partial charge in [0.25, 0.3) is 5.19 Å². The molecule has 0 amide bonds. The molecule has 0 bridgehead atoms. The Bertz CT molecular complexity index is 1490. The van der Waals surface area contributed by atoms with Crippen LogP contribution in [0.3, 0.4) is 0 Å². The molecule has 1 fully saturated rings. The first kappa shape index (κ1) is 25.5. The first-order chi connectivity index (χ1) is 17.6. The molecule has 1 unspecified atom stereocenters. The molecule has 15 heteroatoms. The Morgan fingerprint density at radius 3 is 2.73 bits per heavy atom. The van der Waals surface area contributed by atoms with Gasteiger partial charge in [0, 0.05) is 29.8 Å². The first-order valence-corrected chi connectivity index (χ1v) is 13.9. The number of thiazole rings is 1. The van der Waals surface area contributed by atoms with Crippen molar-refractivity contribution in [1.29, 1.82) is 0 Å². The van der Waals surface area contributed by atoms with E-state index >= 15 is 0 Å². The van der Waals surface area contributed by atoms with Crippen molar-refractivity contribution in [2.45, 2.75) is 29.5 Å². The smallest absolute Gasteiger partial charge is 0.394 e. The average molecular weight is 555 g/mol.